The number of benzene rings is 1. The smallest absolute Gasteiger partial charge is 0.387 e. The Kier molecular flexibility index (Phi) is 3.59. The highest BCUT2D eigenvalue weighted by molar-refractivity contribution is 7.89. The van der Waals surface area contributed by atoms with Gasteiger partial charge in [0, 0.05) is 0 Å². The third-order valence-corrected chi connectivity index (χ3v) is 2.65. The molecule has 2 N–H and O–H groups in total. The molecule has 1 rings (SSSR count). The zero-order valence-corrected chi connectivity index (χ0v) is 8.84. The van der Waals surface area contributed by atoms with Crippen LogP contribution in [0.4, 0.5) is 13.2 Å². The Balaban J connectivity index is 3.55. The molecule has 92 valence electrons. The fourth-order valence-electron chi connectivity index (χ4n) is 1.09. The number of ether oxygens (including phenoxy) is 1. The fraction of sp³-hybridized carbons (Fsp3) is 0.125. The molecule has 0 spiro atoms. The largest absolute Gasteiger partial charge is 0.430 e. The minimum absolute atomic E-state index is 0.568. The van der Waals surface area contributed by atoms with E-state index in [0.29, 0.717) is 12.1 Å². The first-order valence-corrected chi connectivity index (χ1v) is 5.52. The molecule has 0 bridgehead atoms. The number of nitriles is 1. The van der Waals surface area contributed by atoms with Crippen LogP contribution in [-0.2, 0) is 10.0 Å². The first kappa shape index (κ1) is 13.3. The summed E-state index contributed by atoms with van der Waals surface area (Å²) < 4.78 is 62.9. The zero-order valence-electron chi connectivity index (χ0n) is 8.02. The molecule has 0 amide bonds. The Morgan fingerprint density at radius 1 is 1.41 bits per heavy atom. The van der Waals surface area contributed by atoms with Gasteiger partial charge >= 0.3 is 6.61 Å². The van der Waals surface area contributed by atoms with E-state index < -0.39 is 38.7 Å². The summed E-state index contributed by atoms with van der Waals surface area (Å²) in [5, 5.41) is 13.4. The van der Waals surface area contributed by atoms with Crippen LogP contribution in [0.15, 0.2) is 17.0 Å². The van der Waals surface area contributed by atoms with Crippen LogP contribution >= 0.6 is 0 Å². The average Bonchev–Trinajstić information content (AvgIpc) is 2.18. The second-order valence-corrected chi connectivity index (χ2v) is 4.31. The van der Waals surface area contributed by atoms with Gasteiger partial charge in [-0.25, -0.2) is 17.9 Å². The van der Waals surface area contributed by atoms with Crippen molar-refractivity contribution in [2.24, 2.45) is 5.14 Å². The molecular weight excluding hydrogens is 261 g/mol. The molecule has 0 atom stereocenters. The summed E-state index contributed by atoms with van der Waals surface area (Å²) >= 11 is 0. The van der Waals surface area contributed by atoms with Crippen LogP contribution in [0, 0.1) is 17.1 Å². The molecular formula is C8H5F3N2O3S. The first-order chi connectivity index (χ1) is 7.77. The van der Waals surface area contributed by atoms with E-state index in [1.807, 2.05) is 0 Å². The molecule has 0 heterocycles. The molecule has 9 heteroatoms. The molecule has 0 aliphatic rings. The summed E-state index contributed by atoms with van der Waals surface area (Å²) in [5.74, 6) is -2.43. The van der Waals surface area contributed by atoms with Crippen molar-refractivity contribution >= 4 is 10.0 Å². The maximum Gasteiger partial charge on any atom is 0.387 e. The summed E-state index contributed by atoms with van der Waals surface area (Å²) in [6, 6.07) is 2.52. The Labute approximate surface area is 94.3 Å². The molecule has 0 aliphatic heterocycles. The van der Waals surface area contributed by atoms with E-state index in [1.165, 1.54) is 6.07 Å². The van der Waals surface area contributed by atoms with Crippen LogP contribution in [0.2, 0.25) is 0 Å². The van der Waals surface area contributed by atoms with E-state index in [2.05, 4.69) is 4.74 Å². The van der Waals surface area contributed by atoms with Crippen LogP contribution in [0.1, 0.15) is 5.56 Å². The van der Waals surface area contributed by atoms with Crippen molar-refractivity contribution in [3.63, 3.8) is 0 Å². The number of hydrogen-bond acceptors (Lipinski definition) is 4. The number of alkyl halides is 2. The van der Waals surface area contributed by atoms with Gasteiger partial charge in [-0.1, -0.05) is 0 Å². The third kappa shape index (κ3) is 2.86. The van der Waals surface area contributed by atoms with Crippen LogP contribution in [0.3, 0.4) is 0 Å². The van der Waals surface area contributed by atoms with Crippen molar-refractivity contribution in [3.05, 3.63) is 23.5 Å². The fourth-order valence-corrected chi connectivity index (χ4v) is 1.77. The monoisotopic (exact) mass is 266 g/mol. The predicted molar refractivity (Wildman–Crippen MR) is 49.1 cm³/mol. The molecule has 0 saturated carbocycles. The van der Waals surface area contributed by atoms with Gasteiger partial charge in [0.15, 0.2) is 11.6 Å². The number of halogens is 3. The zero-order chi connectivity index (χ0) is 13.2. The molecule has 0 aromatic heterocycles. The Morgan fingerprint density at radius 3 is 2.41 bits per heavy atom. The van der Waals surface area contributed by atoms with E-state index in [4.69, 9.17) is 10.4 Å². The summed E-state index contributed by atoms with van der Waals surface area (Å²) in [7, 11) is -4.33. The molecule has 0 aliphatic carbocycles. The van der Waals surface area contributed by atoms with Crippen LogP contribution in [0.5, 0.6) is 5.75 Å². The van der Waals surface area contributed by atoms with Gasteiger partial charge in [-0.3, -0.25) is 0 Å². The number of rotatable bonds is 3. The topological polar surface area (TPSA) is 93.2 Å². The quantitative estimate of drug-likeness (QED) is 0.881. The van der Waals surface area contributed by atoms with E-state index in [-0.39, 0.29) is 0 Å². The van der Waals surface area contributed by atoms with Gasteiger partial charge in [-0.05, 0) is 12.1 Å². The Morgan fingerprint density at radius 2 is 2.00 bits per heavy atom. The van der Waals surface area contributed by atoms with E-state index in [9.17, 15) is 21.6 Å². The standard InChI is InChI=1S/C8H5F3N2O3S/c9-5-1-2-6(17(13,14)15)4(3-12)7(5)16-8(10)11/h1-2,8H,(H2,13,14,15). The summed E-state index contributed by atoms with van der Waals surface area (Å²) in [6.45, 7) is -3.40. The minimum atomic E-state index is -4.33. The highest BCUT2D eigenvalue weighted by Gasteiger charge is 2.23. The third-order valence-electron chi connectivity index (χ3n) is 1.70. The summed E-state index contributed by atoms with van der Waals surface area (Å²) in [4.78, 5) is -0.781. The lowest BCUT2D eigenvalue weighted by atomic mass is 10.2. The lowest BCUT2D eigenvalue weighted by molar-refractivity contribution is -0.0525. The van der Waals surface area contributed by atoms with Gasteiger partial charge in [0.2, 0.25) is 10.0 Å². The van der Waals surface area contributed by atoms with Crippen molar-refractivity contribution in [1.82, 2.24) is 0 Å². The van der Waals surface area contributed by atoms with Crippen molar-refractivity contribution < 1.29 is 26.3 Å². The normalized spacial score (nSPS) is 11.3. The second kappa shape index (κ2) is 4.60. The maximum absolute atomic E-state index is 13.1. The van der Waals surface area contributed by atoms with Gasteiger partial charge in [-0.15, -0.1) is 0 Å². The number of nitrogens with zero attached hydrogens (tertiary/aromatic N) is 1. The highest BCUT2D eigenvalue weighted by Crippen LogP contribution is 2.29. The van der Waals surface area contributed by atoms with Crippen LogP contribution < -0.4 is 9.88 Å². The molecule has 1 aromatic carbocycles. The van der Waals surface area contributed by atoms with Crippen molar-refractivity contribution in [2.45, 2.75) is 11.5 Å². The number of hydrogen-bond donors (Lipinski definition) is 1. The number of sulfonamides is 1. The van der Waals surface area contributed by atoms with Gasteiger partial charge < -0.3 is 4.74 Å². The SMILES string of the molecule is N#Cc1c(S(N)(=O)=O)ccc(F)c1OC(F)F. The van der Waals surface area contributed by atoms with Gasteiger partial charge in [0.05, 0.1) is 0 Å². The van der Waals surface area contributed by atoms with Crippen molar-refractivity contribution in [2.75, 3.05) is 0 Å². The molecule has 0 saturated heterocycles. The first-order valence-electron chi connectivity index (χ1n) is 3.97. The van der Waals surface area contributed by atoms with E-state index in [1.54, 1.807) is 0 Å². The summed E-state index contributed by atoms with van der Waals surface area (Å²) in [6.07, 6.45) is 0. The molecule has 17 heavy (non-hydrogen) atoms. The predicted octanol–water partition coefficient (Wildman–Crippen LogP) is 0.946. The molecule has 0 fully saturated rings. The maximum atomic E-state index is 13.1. The van der Waals surface area contributed by atoms with E-state index >= 15 is 0 Å². The molecule has 0 radical (unpaired) electrons. The van der Waals surface area contributed by atoms with E-state index in [0.717, 1.165) is 0 Å². The Hall–Kier alpha value is -1.79. The molecule has 1 aromatic rings. The van der Waals surface area contributed by atoms with Gasteiger partial charge in [0.25, 0.3) is 0 Å². The Bertz CT molecular complexity index is 580. The summed E-state index contributed by atoms with van der Waals surface area (Å²) in [5.41, 5.74) is -0.896. The van der Waals surface area contributed by atoms with Crippen molar-refractivity contribution in [3.8, 4) is 11.8 Å². The molecule has 0 unspecified atom stereocenters. The lowest BCUT2D eigenvalue weighted by Gasteiger charge is -2.09. The van der Waals surface area contributed by atoms with Crippen LogP contribution in [0.25, 0.3) is 0 Å². The average molecular weight is 266 g/mol. The number of nitrogens with two attached hydrogens (primary N) is 1. The number of primary sulfonamides is 1. The van der Waals surface area contributed by atoms with Crippen LogP contribution in [-0.4, -0.2) is 15.0 Å². The van der Waals surface area contributed by atoms with Crippen molar-refractivity contribution in [1.29, 1.82) is 5.26 Å². The van der Waals surface area contributed by atoms with Gasteiger partial charge in [-0.2, -0.15) is 14.0 Å². The van der Waals surface area contributed by atoms with Gasteiger partial charge in [0.1, 0.15) is 16.5 Å². The molecule has 5 nitrogen and oxygen atoms in total. The lowest BCUT2D eigenvalue weighted by Crippen LogP contribution is -2.16. The highest BCUT2D eigenvalue weighted by atomic mass is 32.2. The minimum Gasteiger partial charge on any atom is -0.430 e. The second-order valence-electron chi connectivity index (χ2n) is 2.78.